The average molecular weight is 328 g/mol. The Morgan fingerprint density at radius 1 is 1.35 bits per heavy atom. The van der Waals surface area contributed by atoms with Crippen molar-refractivity contribution >= 4 is 11.8 Å². The van der Waals surface area contributed by atoms with Crippen LogP contribution in [-0.4, -0.2) is 27.6 Å². The smallest absolute Gasteiger partial charge is 0.349 e. The number of aromatic amines is 1. The molecule has 1 aliphatic rings. The predicted octanol–water partition coefficient (Wildman–Crippen LogP) is 1.97. The first kappa shape index (κ1) is 15.1. The highest BCUT2D eigenvalue weighted by Gasteiger charge is 2.36. The molecule has 122 valence electrons. The lowest BCUT2D eigenvalue weighted by atomic mass is 10.0. The Morgan fingerprint density at radius 3 is 2.83 bits per heavy atom. The minimum atomic E-state index is -4.66. The van der Waals surface area contributed by atoms with Gasteiger partial charge >= 0.3 is 12.2 Å². The standard InChI is InChI=1S/C13H11F3N4O3/c14-13(15,16)9-4-10(19-23-9)18-12(22)20-2-1-7-3-11(21)17-5-8(7)6-20/h3-5H,1-2,6H2,(H,17,21)(H,18,19,22). The van der Waals surface area contributed by atoms with Crippen molar-refractivity contribution in [3.63, 3.8) is 0 Å². The summed E-state index contributed by atoms with van der Waals surface area (Å²) >= 11 is 0. The van der Waals surface area contributed by atoms with Crippen LogP contribution in [0.3, 0.4) is 0 Å². The molecule has 0 aromatic carbocycles. The summed E-state index contributed by atoms with van der Waals surface area (Å²) in [5.74, 6) is -1.59. The third kappa shape index (κ3) is 3.20. The molecule has 0 radical (unpaired) electrons. The van der Waals surface area contributed by atoms with Crippen LogP contribution in [0.2, 0.25) is 0 Å². The van der Waals surface area contributed by atoms with E-state index in [1.165, 1.54) is 17.2 Å². The number of alkyl halides is 3. The number of pyridine rings is 1. The lowest BCUT2D eigenvalue weighted by Gasteiger charge is -2.28. The molecule has 0 spiro atoms. The molecule has 7 nitrogen and oxygen atoms in total. The molecule has 2 N–H and O–H groups in total. The van der Waals surface area contributed by atoms with Gasteiger partial charge in [0.2, 0.25) is 11.3 Å². The number of nitrogens with one attached hydrogen (secondary N) is 2. The SMILES string of the molecule is O=C(Nc1cc(C(F)(F)F)on1)N1CCc2cc(=O)[nH]cc2C1. The van der Waals surface area contributed by atoms with E-state index in [0.29, 0.717) is 19.0 Å². The van der Waals surface area contributed by atoms with E-state index >= 15 is 0 Å². The van der Waals surface area contributed by atoms with Gasteiger partial charge in [-0.2, -0.15) is 13.2 Å². The molecule has 0 fully saturated rings. The Bertz CT molecular complexity index is 796. The highest BCUT2D eigenvalue weighted by Crippen LogP contribution is 2.30. The maximum absolute atomic E-state index is 12.4. The van der Waals surface area contributed by atoms with Gasteiger partial charge in [-0.25, -0.2) is 4.79 Å². The Morgan fingerprint density at radius 2 is 2.13 bits per heavy atom. The molecule has 0 saturated heterocycles. The molecule has 0 unspecified atom stereocenters. The van der Waals surface area contributed by atoms with Crippen molar-refractivity contribution in [2.45, 2.75) is 19.1 Å². The van der Waals surface area contributed by atoms with E-state index in [0.717, 1.165) is 11.1 Å². The fourth-order valence-corrected chi connectivity index (χ4v) is 2.29. The second-order valence-corrected chi connectivity index (χ2v) is 5.02. The molecule has 0 aliphatic carbocycles. The van der Waals surface area contributed by atoms with Crippen molar-refractivity contribution in [2.24, 2.45) is 0 Å². The molecule has 2 amide bonds. The van der Waals surface area contributed by atoms with Gasteiger partial charge in [-0.3, -0.25) is 10.1 Å². The van der Waals surface area contributed by atoms with Gasteiger partial charge in [-0.05, 0) is 17.5 Å². The Balaban J connectivity index is 1.69. The van der Waals surface area contributed by atoms with Gasteiger partial charge in [0.25, 0.3) is 0 Å². The quantitative estimate of drug-likeness (QED) is 0.837. The first-order chi connectivity index (χ1) is 10.8. The van der Waals surface area contributed by atoms with Crippen LogP contribution >= 0.6 is 0 Å². The van der Waals surface area contributed by atoms with E-state index in [1.54, 1.807) is 0 Å². The fourth-order valence-electron chi connectivity index (χ4n) is 2.29. The molecule has 0 bridgehead atoms. The van der Waals surface area contributed by atoms with E-state index in [1.807, 2.05) is 0 Å². The second-order valence-electron chi connectivity index (χ2n) is 5.02. The van der Waals surface area contributed by atoms with Crippen LogP contribution in [-0.2, 0) is 19.1 Å². The lowest BCUT2D eigenvalue weighted by Crippen LogP contribution is -2.39. The van der Waals surface area contributed by atoms with Gasteiger partial charge in [0.05, 0.1) is 0 Å². The zero-order chi connectivity index (χ0) is 16.6. The lowest BCUT2D eigenvalue weighted by molar-refractivity contribution is -0.155. The number of carbonyl (C=O) groups excluding carboxylic acids is 1. The predicted molar refractivity (Wildman–Crippen MR) is 71.7 cm³/mol. The maximum Gasteiger partial charge on any atom is 0.452 e. The normalized spacial score (nSPS) is 14.5. The van der Waals surface area contributed by atoms with Crippen molar-refractivity contribution < 1.29 is 22.5 Å². The van der Waals surface area contributed by atoms with Crippen molar-refractivity contribution in [3.8, 4) is 0 Å². The van der Waals surface area contributed by atoms with Crippen LogP contribution in [0.1, 0.15) is 16.9 Å². The Hall–Kier alpha value is -2.78. The van der Waals surface area contributed by atoms with E-state index in [4.69, 9.17) is 0 Å². The van der Waals surface area contributed by atoms with Crippen LogP contribution < -0.4 is 10.9 Å². The minimum absolute atomic E-state index is 0.219. The number of hydrogen-bond donors (Lipinski definition) is 2. The number of urea groups is 1. The second kappa shape index (κ2) is 5.45. The van der Waals surface area contributed by atoms with E-state index in [9.17, 15) is 22.8 Å². The number of amides is 2. The largest absolute Gasteiger partial charge is 0.452 e. The third-order valence-corrected chi connectivity index (χ3v) is 3.43. The third-order valence-electron chi connectivity index (χ3n) is 3.43. The van der Waals surface area contributed by atoms with Crippen LogP contribution in [0.4, 0.5) is 23.8 Å². The van der Waals surface area contributed by atoms with Gasteiger partial charge in [0, 0.05) is 31.4 Å². The zero-order valence-corrected chi connectivity index (χ0v) is 11.6. The van der Waals surface area contributed by atoms with Crippen molar-refractivity contribution in [1.29, 1.82) is 0 Å². The summed E-state index contributed by atoms with van der Waals surface area (Å²) in [6, 6.07) is 1.49. The summed E-state index contributed by atoms with van der Waals surface area (Å²) in [5, 5.41) is 5.43. The summed E-state index contributed by atoms with van der Waals surface area (Å²) in [5.41, 5.74) is 1.41. The van der Waals surface area contributed by atoms with Gasteiger partial charge in [-0.1, -0.05) is 5.16 Å². The maximum atomic E-state index is 12.4. The molecule has 2 aromatic heterocycles. The van der Waals surface area contributed by atoms with E-state index < -0.39 is 18.0 Å². The molecule has 2 aromatic rings. The number of rotatable bonds is 1. The number of nitrogens with zero attached hydrogens (tertiary/aromatic N) is 2. The molecule has 0 atom stereocenters. The van der Waals surface area contributed by atoms with Crippen LogP contribution in [0, 0.1) is 0 Å². The first-order valence-electron chi connectivity index (χ1n) is 6.63. The molecule has 0 saturated carbocycles. The number of halogens is 3. The summed E-state index contributed by atoms with van der Waals surface area (Å²) in [6.07, 6.45) is -2.65. The molecule has 3 heterocycles. The van der Waals surface area contributed by atoms with Crippen LogP contribution in [0.5, 0.6) is 0 Å². The van der Waals surface area contributed by atoms with Crippen molar-refractivity contribution in [2.75, 3.05) is 11.9 Å². The number of carbonyl (C=O) groups is 1. The Kier molecular flexibility index (Phi) is 3.58. The van der Waals surface area contributed by atoms with Crippen molar-refractivity contribution in [1.82, 2.24) is 15.0 Å². The zero-order valence-electron chi connectivity index (χ0n) is 11.6. The van der Waals surface area contributed by atoms with Gasteiger partial charge in [-0.15, -0.1) is 0 Å². The highest BCUT2D eigenvalue weighted by molar-refractivity contribution is 5.88. The van der Waals surface area contributed by atoms with Gasteiger partial charge in [0.1, 0.15) is 0 Å². The first-order valence-corrected chi connectivity index (χ1v) is 6.63. The summed E-state index contributed by atoms with van der Waals surface area (Å²) in [6.45, 7) is 0.578. The summed E-state index contributed by atoms with van der Waals surface area (Å²) in [7, 11) is 0. The van der Waals surface area contributed by atoms with E-state index in [-0.39, 0.29) is 17.9 Å². The number of aromatic nitrogens is 2. The van der Waals surface area contributed by atoms with E-state index in [2.05, 4.69) is 20.0 Å². The topological polar surface area (TPSA) is 91.2 Å². The number of fused-ring (bicyclic) bond motifs is 1. The molecular formula is C13H11F3N4O3. The number of H-pyrrole nitrogens is 1. The van der Waals surface area contributed by atoms with Crippen LogP contribution in [0.25, 0.3) is 0 Å². The highest BCUT2D eigenvalue weighted by atomic mass is 19.4. The van der Waals surface area contributed by atoms with Gasteiger partial charge < -0.3 is 14.4 Å². The summed E-state index contributed by atoms with van der Waals surface area (Å²) < 4.78 is 41.4. The average Bonchev–Trinajstić information content (AvgIpc) is 2.95. The molecule has 1 aliphatic heterocycles. The Labute approximate surface area is 127 Å². The molecule has 23 heavy (non-hydrogen) atoms. The number of anilines is 1. The fraction of sp³-hybridized carbons (Fsp3) is 0.308. The monoisotopic (exact) mass is 328 g/mol. The van der Waals surface area contributed by atoms with Gasteiger partial charge in [0.15, 0.2) is 5.82 Å². The molecule has 3 rings (SSSR count). The van der Waals surface area contributed by atoms with Crippen molar-refractivity contribution in [3.05, 3.63) is 45.6 Å². The summed E-state index contributed by atoms with van der Waals surface area (Å²) in [4.78, 5) is 27.2. The van der Waals surface area contributed by atoms with Crippen LogP contribution in [0.15, 0.2) is 27.6 Å². The molecule has 10 heteroatoms. The molecular weight excluding hydrogens is 317 g/mol. The number of hydrogen-bond acceptors (Lipinski definition) is 4. The minimum Gasteiger partial charge on any atom is -0.349 e.